The summed E-state index contributed by atoms with van der Waals surface area (Å²) in [4.78, 5) is 22.7. The Morgan fingerprint density at radius 2 is 2.00 bits per heavy atom. The summed E-state index contributed by atoms with van der Waals surface area (Å²) >= 11 is 0. The van der Waals surface area contributed by atoms with E-state index in [9.17, 15) is 9.59 Å². The van der Waals surface area contributed by atoms with Crippen molar-refractivity contribution in [1.29, 1.82) is 0 Å². The third-order valence-electron chi connectivity index (χ3n) is 2.57. The van der Waals surface area contributed by atoms with Gasteiger partial charge in [0.25, 0.3) is 0 Å². The maximum atomic E-state index is 11.7. The van der Waals surface area contributed by atoms with Gasteiger partial charge in [-0.25, -0.2) is 0 Å². The second kappa shape index (κ2) is 8.16. The number of ether oxygens (including phenoxy) is 1. The normalized spacial score (nSPS) is 9.95. The highest BCUT2D eigenvalue weighted by atomic mass is 16.5. The van der Waals surface area contributed by atoms with Crippen LogP contribution in [0.25, 0.3) is 0 Å². The zero-order valence-electron chi connectivity index (χ0n) is 12.1. The lowest BCUT2D eigenvalue weighted by Crippen LogP contribution is -2.21. The largest absolute Gasteiger partial charge is 0.494 e. The third kappa shape index (κ3) is 5.27. The van der Waals surface area contributed by atoms with E-state index in [2.05, 4.69) is 16.0 Å². The number of hydrogen-bond acceptors (Lipinski definition) is 4. The first kappa shape index (κ1) is 16.0. The van der Waals surface area contributed by atoms with Crippen LogP contribution in [-0.2, 0) is 9.59 Å². The van der Waals surface area contributed by atoms with Crippen LogP contribution in [-0.4, -0.2) is 32.0 Å². The number of nitrogens with one attached hydrogen (secondary N) is 3. The molecular formula is C14H21N3O3. The molecule has 0 aromatic heterocycles. The Morgan fingerprint density at radius 1 is 1.25 bits per heavy atom. The van der Waals surface area contributed by atoms with E-state index in [1.807, 2.05) is 6.92 Å². The number of anilines is 2. The van der Waals surface area contributed by atoms with Crippen LogP contribution in [0.15, 0.2) is 18.2 Å². The molecule has 0 bridgehead atoms. The maximum Gasteiger partial charge on any atom is 0.225 e. The van der Waals surface area contributed by atoms with Crippen LogP contribution in [0, 0.1) is 0 Å². The van der Waals surface area contributed by atoms with Crippen molar-refractivity contribution in [2.24, 2.45) is 0 Å². The van der Waals surface area contributed by atoms with Crippen molar-refractivity contribution in [3.63, 3.8) is 0 Å². The summed E-state index contributed by atoms with van der Waals surface area (Å²) in [6.45, 7) is 4.90. The van der Waals surface area contributed by atoms with Gasteiger partial charge in [-0.1, -0.05) is 6.92 Å². The molecule has 20 heavy (non-hydrogen) atoms. The van der Waals surface area contributed by atoms with E-state index in [-0.39, 0.29) is 11.8 Å². The summed E-state index contributed by atoms with van der Waals surface area (Å²) in [6, 6.07) is 5.09. The average Bonchev–Trinajstić information content (AvgIpc) is 2.40. The molecule has 1 aromatic rings. The molecule has 0 heterocycles. The van der Waals surface area contributed by atoms with E-state index in [1.165, 1.54) is 14.0 Å². The lowest BCUT2D eigenvalue weighted by Gasteiger charge is -2.11. The van der Waals surface area contributed by atoms with Gasteiger partial charge < -0.3 is 20.7 Å². The van der Waals surface area contributed by atoms with Gasteiger partial charge in [0.1, 0.15) is 5.75 Å². The smallest absolute Gasteiger partial charge is 0.225 e. The Morgan fingerprint density at radius 3 is 2.60 bits per heavy atom. The van der Waals surface area contributed by atoms with Crippen molar-refractivity contribution in [3.05, 3.63) is 18.2 Å². The Hall–Kier alpha value is -2.08. The van der Waals surface area contributed by atoms with Crippen LogP contribution >= 0.6 is 0 Å². The molecular weight excluding hydrogens is 258 g/mol. The molecule has 0 saturated carbocycles. The highest BCUT2D eigenvalue weighted by Gasteiger charge is 2.08. The highest BCUT2D eigenvalue weighted by Crippen LogP contribution is 2.27. The molecule has 0 spiro atoms. The fourth-order valence-corrected chi connectivity index (χ4v) is 1.66. The second-order valence-corrected chi connectivity index (χ2v) is 4.25. The number of rotatable bonds is 7. The maximum absolute atomic E-state index is 11.7. The van der Waals surface area contributed by atoms with Crippen LogP contribution < -0.4 is 20.7 Å². The van der Waals surface area contributed by atoms with E-state index < -0.39 is 0 Å². The molecule has 3 N–H and O–H groups in total. The van der Waals surface area contributed by atoms with Crippen molar-refractivity contribution in [1.82, 2.24) is 5.32 Å². The fourth-order valence-electron chi connectivity index (χ4n) is 1.66. The molecule has 0 atom stereocenters. The monoisotopic (exact) mass is 279 g/mol. The number of benzene rings is 1. The Kier molecular flexibility index (Phi) is 6.52. The molecule has 0 aliphatic carbocycles. The molecule has 0 aliphatic heterocycles. The molecule has 110 valence electrons. The number of methoxy groups -OCH3 is 1. The van der Waals surface area contributed by atoms with E-state index in [0.717, 1.165) is 6.54 Å². The molecule has 0 fully saturated rings. The molecule has 6 heteroatoms. The Balaban J connectivity index is 2.67. The molecule has 0 unspecified atom stereocenters. The van der Waals surface area contributed by atoms with Crippen LogP contribution in [0.3, 0.4) is 0 Å². The average molecular weight is 279 g/mol. The van der Waals surface area contributed by atoms with Crippen molar-refractivity contribution < 1.29 is 14.3 Å². The lowest BCUT2D eigenvalue weighted by molar-refractivity contribution is -0.116. The molecule has 0 saturated heterocycles. The van der Waals surface area contributed by atoms with Crippen molar-refractivity contribution >= 4 is 23.2 Å². The summed E-state index contributed by atoms with van der Waals surface area (Å²) in [6.07, 6.45) is 0.406. The van der Waals surface area contributed by atoms with Gasteiger partial charge >= 0.3 is 0 Å². The van der Waals surface area contributed by atoms with Crippen molar-refractivity contribution in [2.75, 3.05) is 30.8 Å². The van der Waals surface area contributed by atoms with Gasteiger partial charge in [0.05, 0.1) is 12.8 Å². The van der Waals surface area contributed by atoms with E-state index in [1.54, 1.807) is 18.2 Å². The number of amides is 2. The number of carbonyl (C=O) groups is 2. The van der Waals surface area contributed by atoms with Gasteiger partial charge in [0, 0.05) is 31.6 Å². The molecule has 1 rings (SSSR count). The fraction of sp³-hybridized carbons (Fsp3) is 0.429. The SMILES string of the molecule is CCNCCC(=O)Nc1ccc(NC(C)=O)c(OC)c1. The van der Waals surface area contributed by atoms with Crippen LogP contribution in [0.5, 0.6) is 5.75 Å². The quantitative estimate of drug-likeness (QED) is 0.662. The first-order chi connectivity index (χ1) is 9.56. The van der Waals surface area contributed by atoms with Gasteiger partial charge in [-0.2, -0.15) is 0 Å². The first-order valence-electron chi connectivity index (χ1n) is 6.53. The predicted molar refractivity (Wildman–Crippen MR) is 79.1 cm³/mol. The minimum atomic E-state index is -0.175. The summed E-state index contributed by atoms with van der Waals surface area (Å²) in [5.41, 5.74) is 1.21. The van der Waals surface area contributed by atoms with E-state index >= 15 is 0 Å². The van der Waals surface area contributed by atoms with Gasteiger partial charge in [0.2, 0.25) is 11.8 Å². The second-order valence-electron chi connectivity index (χ2n) is 4.25. The molecule has 0 aliphatic rings. The lowest BCUT2D eigenvalue weighted by atomic mass is 10.2. The van der Waals surface area contributed by atoms with Gasteiger partial charge in [-0.15, -0.1) is 0 Å². The van der Waals surface area contributed by atoms with E-state index in [4.69, 9.17) is 4.74 Å². The van der Waals surface area contributed by atoms with Crippen LogP contribution in [0.2, 0.25) is 0 Å². The third-order valence-corrected chi connectivity index (χ3v) is 2.57. The van der Waals surface area contributed by atoms with Crippen molar-refractivity contribution in [2.45, 2.75) is 20.3 Å². The Labute approximate surface area is 118 Å². The van der Waals surface area contributed by atoms with Gasteiger partial charge in [-0.05, 0) is 18.7 Å². The molecule has 1 aromatic carbocycles. The Bertz CT molecular complexity index is 475. The van der Waals surface area contributed by atoms with Gasteiger partial charge in [0.15, 0.2) is 0 Å². The highest BCUT2D eigenvalue weighted by molar-refractivity contribution is 5.93. The minimum absolute atomic E-state index is 0.0692. The molecule has 2 amide bonds. The summed E-state index contributed by atoms with van der Waals surface area (Å²) in [7, 11) is 1.51. The predicted octanol–water partition coefficient (Wildman–Crippen LogP) is 1.59. The number of carbonyl (C=O) groups excluding carboxylic acids is 2. The zero-order valence-corrected chi connectivity index (χ0v) is 12.1. The summed E-state index contributed by atoms with van der Waals surface area (Å²) in [5, 5.41) is 8.53. The van der Waals surface area contributed by atoms with Gasteiger partial charge in [-0.3, -0.25) is 9.59 Å². The minimum Gasteiger partial charge on any atom is -0.494 e. The van der Waals surface area contributed by atoms with Crippen LogP contribution in [0.1, 0.15) is 20.3 Å². The standard InChI is InChI=1S/C14H21N3O3/c1-4-15-8-7-14(19)17-11-5-6-12(16-10(2)18)13(9-11)20-3/h5-6,9,15H,4,7-8H2,1-3H3,(H,16,18)(H,17,19). The molecule has 0 radical (unpaired) electrons. The first-order valence-corrected chi connectivity index (χ1v) is 6.53. The van der Waals surface area contributed by atoms with E-state index in [0.29, 0.717) is 30.1 Å². The van der Waals surface area contributed by atoms with Crippen LogP contribution in [0.4, 0.5) is 11.4 Å². The zero-order chi connectivity index (χ0) is 15.0. The summed E-state index contributed by atoms with van der Waals surface area (Å²) in [5.74, 6) is 0.260. The number of hydrogen-bond donors (Lipinski definition) is 3. The van der Waals surface area contributed by atoms with Crippen molar-refractivity contribution in [3.8, 4) is 5.75 Å². The topological polar surface area (TPSA) is 79.5 Å². The summed E-state index contributed by atoms with van der Waals surface area (Å²) < 4.78 is 5.19. The molecule has 6 nitrogen and oxygen atoms in total.